The van der Waals surface area contributed by atoms with Crippen LogP contribution in [0, 0.1) is 6.92 Å². The predicted octanol–water partition coefficient (Wildman–Crippen LogP) is 0.943. The Labute approximate surface area is 62.4 Å². The topological polar surface area (TPSA) is 0 Å². The van der Waals surface area contributed by atoms with Crippen molar-refractivity contribution in [1.82, 2.24) is 0 Å². The summed E-state index contributed by atoms with van der Waals surface area (Å²) in [5, 5.41) is 1.32. The normalized spacial score (nSPS) is 10.9. The van der Waals surface area contributed by atoms with Crippen molar-refractivity contribution < 1.29 is 0 Å². The number of aryl methyl sites for hydroxylation is 1. The van der Waals surface area contributed by atoms with Gasteiger partial charge in [-0.25, -0.2) is 0 Å². The van der Waals surface area contributed by atoms with Crippen molar-refractivity contribution >= 4 is 25.1 Å². The van der Waals surface area contributed by atoms with Crippen molar-refractivity contribution in [1.29, 1.82) is 0 Å². The van der Waals surface area contributed by atoms with Gasteiger partial charge in [0.25, 0.3) is 0 Å². The van der Waals surface area contributed by atoms with Crippen molar-refractivity contribution in [2.75, 3.05) is 0 Å². The van der Waals surface area contributed by atoms with E-state index in [1.54, 1.807) is 0 Å². The Balaban J connectivity index is 2.88. The van der Waals surface area contributed by atoms with Gasteiger partial charge in [-0.05, 0) is 12.1 Å². The first-order chi connectivity index (χ1) is 4.33. The lowest BCUT2D eigenvalue weighted by atomic mass is 10.2. The summed E-state index contributed by atoms with van der Waals surface area (Å²) < 4.78 is 0. The smallest absolute Gasteiger partial charge is 0.155 e. The molecule has 0 fully saturated rings. The van der Waals surface area contributed by atoms with E-state index in [-0.39, 0.29) is 0 Å². The van der Waals surface area contributed by atoms with E-state index < -0.39 is 8.83 Å². The average molecular weight is 157 g/mol. The molecule has 0 aliphatic rings. The zero-order chi connectivity index (χ0) is 6.69. The van der Waals surface area contributed by atoms with E-state index >= 15 is 0 Å². The highest BCUT2D eigenvalue weighted by Crippen LogP contribution is 1.92. The summed E-state index contributed by atoms with van der Waals surface area (Å²) in [6, 6.07) is 8.42. The third-order valence-electron chi connectivity index (χ3n) is 1.27. The van der Waals surface area contributed by atoms with Crippen LogP contribution < -0.4 is 5.19 Å². The number of rotatable bonds is 1. The van der Waals surface area contributed by atoms with Crippen LogP contribution in [0.5, 0.6) is 0 Å². The average Bonchev–Trinajstić information content (AvgIpc) is 1.90. The zero-order valence-electron chi connectivity index (χ0n) is 5.39. The Morgan fingerprint density at radius 1 is 1.22 bits per heavy atom. The SMILES string of the molecule is Cc1ccc([SiH2]Cl)cc1. The Kier molecular flexibility index (Phi) is 2.31. The van der Waals surface area contributed by atoms with Gasteiger partial charge in [0, 0.05) is 0 Å². The Morgan fingerprint density at radius 2 is 1.78 bits per heavy atom. The number of benzene rings is 1. The van der Waals surface area contributed by atoms with E-state index in [4.69, 9.17) is 11.1 Å². The Hall–Kier alpha value is -0.273. The monoisotopic (exact) mass is 156 g/mol. The molecule has 0 bridgehead atoms. The van der Waals surface area contributed by atoms with Crippen LogP contribution in [0.1, 0.15) is 5.56 Å². The van der Waals surface area contributed by atoms with Crippen LogP contribution >= 0.6 is 11.1 Å². The van der Waals surface area contributed by atoms with Crippen LogP contribution in [0.15, 0.2) is 24.3 Å². The van der Waals surface area contributed by atoms with E-state index in [1.165, 1.54) is 10.8 Å². The molecule has 0 amide bonds. The van der Waals surface area contributed by atoms with Gasteiger partial charge >= 0.3 is 0 Å². The molecule has 0 heterocycles. The number of hydrogen-bond acceptors (Lipinski definition) is 0. The quantitative estimate of drug-likeness (QED) is 0.420. The molecule has 2 heteroatoms. The molecule has 0 atom stereocenters. The summed E-state index contributed by atoms with van der Waals surface area (Å²) in [6.07, 6.45) is 0. The molecule has 0 aromatic heterocycles. The molecule has 48 valence electrons. The van der Waals surface area contributed by atoms with Gasteiger partial charge in [-0.3, -0.25) is 0 Å². The van der Waals surface area contributed by atoms with Crippen molar-refractivity contribution in [3.05, 3.63) is 29.8 Å². The van der Waals surface area contributed by atoms with Crippen molar-refractivity contribution in [3.63, 3.8) is 0 Å². The second kappa shape index (κ2) is 3.04. The summed E-state index contributed by atoms with van der Waals surface area (Å²) in [4.78, 5) is 0. The fraction of sp³-hybridized carbons (Fsp3) is 0.143. The molecule has 0 unspecified atom stereocenters. The Morgan fingerprint density at radius 3 is 2.22 bits per heavy atom. The zero-order valence-corrected chi connectivity index (χ0v) is 7.56. The lowest BCUT2D eigenvalue weighted by molar-refractivity contribution is 1.49. The molecule has 1 rings (SSSR count). The van der Waals surface area contributed by atoms with Gasteiger partial charge in [0.05, 0.1) is 0 Å². The molecule has 9 heavy (non-hydrogen) atoms. The minimum Gasteiger partial charge on any atom is -0.170 e. The van der Waals surface area contributed by atoms with Crippen LogP contribution in [0.2, 0.25) is 0 Å². The Bertz CT molecular complexity index is 181. The molecular formula is C7H9ClSi. The van der Waals surface area contributed by atoms with Crippen molar-refractivity contribution in [2.45, 2.75) is 6.92 Å². The first-order valence-electron chi connectivity index (χ1n) is 2.94. The van der Waals surface area contributed by atoms with E-state index in [9.17, 15) is 0 Å². The van der Waals surface area contributed by atoms with Gasteiger partial charge in [0.2, 0.25) is 0 Å². The van der Waals surface area contributed by atoms with Gasteiger partial charge in [0.15, 0.2) is 8.83 Å². The fourth-order valence-electron chi connectivity index (χ4n) is 0.677. The highest BCUT2D eigenvalue weighted by Gasteiger charge is 1.87. The highest BCUT2D eigenvalue weighted by atomic mass is 35.6. The van der Waals surface area contributed by atoms with Crippen LogP contribution in [-0.4, -0.2) is 8.83 Å². The van der Waals surface area contributed by atoms with E-state index in [0.717, 1.165) is 0 Å². The second-order valence-electron chi connectivity index (χ2n) is 2.12. The van der Waals surface area contributed by atoms with Crippen molar-refractivity contribution in [3.8, 4) is 0 Å². The van der Waals surface area contributed by atoms with Gasteiger partial charge in [-0.2, -0.15) is 11.1 Å². The van der Waals surface area contributed by atoms with E-state index in [1.807, 2.05) is 0 Å². The molecule has 0 saturated heterocycles. The molecule has 0 saturated carbocycles. The molecule has 1 aromatic rings. The summed E-state index contributed by atoms with van der Waals surface area (Å²) in [7, 11) is -0.453. The summed E-state index contributed by atoms with van der Waals surface area (Å²) in [5.74, 6) is 0. The minimum absolute atomic E-state index is 0.453. The maximum absolute atomic E-state index is 5.72. The largest absolute Gasteiger partial charge is 0.170 e. The van der Waals surface area contributed by atoms with E-state index in [0.29, 0.717) is 0 Å². The number of halogens is 1. The van der Waals surface area contributed by atoms with E-state index in [2.05, 4.69) is 31.2 Å². The summed E-state index contributed by atoms with van der Waals surface area (Å²) in [6.45, 7) is 2.08. The molecule has 0 spiro atoms. The third-order valence-corrected chi connectivity index (χ3v) is 2.98. The molecule has 0 nitrogen and oxygen atoms in total. The minimum atomic E-state index is -0.453. The van der Waals surface area contributed by atoms with Gasteiger partial charge in [0.1, 0.15) is 0 Å². The second-order valence-corrected chi connectivity index (χ2v) is 4.00. The van der Waals surface area contributed by atoms with Crippen molar-refractivity contribution in [2.24, 2.45) is 0 Å². The lowest BCUT2D eigenvalue weighted by Crippen LogP contribution is -2.06. The van der Waals surface area contributed by atoms with Crippen LogP contribution in [-0.2, 0) is 0 Å². The first kappa shape index (κ1) is 6.84. The van der Waals surface area contributed by atoms with Gasteiger partial charge in [-0.1, -0.05) is 29.8 Å². The first-order valence-corrected chi connectivity index (χ1v) is 5.79. The standard InChI is InChI=1S/C7H9ClSi/c1-6-2-4-7(9-8)5-3-6/h2-5H,9H2,1H3. The number of hydrogen-bond donors (Lipinski definition) is 0. The molecule has 1 aromatic carbocycles. The van der Waals surface area contributed by atoms with Crippen LogP contribution in [0.3, 0.4) is 0 Å². The summed E-state index contributed by atoms with van der Waals surface area (Å²) >= 11 is 5.72. The molecule has 0 aliphatic heterocycles. The fourth-order valence-corrected chi connectivity index (χ4v) is 1.63. The lowest BCUT2D eigenvalue weighted by Gasteiger charge is -1.92. The maximum Gasteiger partial charge on any atom is 0.155 e. The maximum atomic E-state index is 5.72. The van der Waals surface area contributed by atoms with Crippen LogP contribution in [0.25, 0.3) is 0 Å². The summed E-state index contributed by atoms with van der Waals surface area (Å²) in [5.41, 5.74) is 1.30. The highest BCUT2D eigenvalue weighted by molar-refractivity contribution is 7.01. The molecule has 0 radical (unpaired) electrons. The van der Waals surface area contributed by atoms with Crippen LogP contribution in [0.4, 0.5) is 0 Å². The molecule has 0 N–H and O–H groups in total. The van der Waals surface area contributed by atoms with Gasteiger partial charge in [-0.15, -0.1) is 0 Å². The molecule has 0 aliphatic carbocycles. The predicted molar refractivity (Wildman–Crippen MR) is 45.2 cm³/mol. The van der Waals surface area contributed by atoms with Gasteiger partial charge < -0.3 is 0 Å². The third kappa shape index (κ3) is 1.84. The molecular weight excluding hydrogens is 148 g/mol.